The van der Waals surface area contributed by atoms with E-state index in [1.165, 1.54) is 10.6 Å². The van der Waals surface area contributed by atoms with Crippen LogP contribution in [0, 0.1) is 12.8 Å². The molecule has 0 fully saturated rings. The maximum Gasteiger partial charge on any atom is 0.326 e. The molecule has 4 heteroatoms. The molecule has 1 aromatic rings. The van der Waals surface area contributed by atoms with Crippen LogP contribution in [-0.2, 0) is 16.1 Å². The van der Waals surface area contributed by atoms with Gasteiger partial charge in [-0.05, 0) is 25.3 Å². The molecular weight excluding hydrogens is 218 g/mol. The Morgan fingerprint density at radius 1 is 1.41 bits per heavy atom. The predicted molar refractivity (Wildman–Crippen MR) is 65.9 cm³/mol. The van der Waals surface area contributed by atoms with Crippen molar-refractivity contribution in [2.45, 2.75) is 33.7 Å². The summed E-state index contributed by atoms with van der Waals surface area (Å²) < 4.78 is 6.48. The van der Waals surface area contributed by atoms with Crippen molar-refractivity contribution < 1.29 is 9.53 Å². The van der Waals surface area contributed by atoms with Gasteiger partial charge in [0.05, 0.1) is 6.61 Å². The van der Waals surface area contributed by atoms with Crippen molar-refractivity contribution in [1.82, 2.24) is 4.57 Å². The van der Waals surface area contributed by atoms with Gasteiger partial charge in [-0.2, -0.15) is 0 Å². The Morgan fingerprint density at radius 3 is 2.71 bits per heavy atom. The first kappa shape index (κ1) is 13.5. The van der Waals surface area contributed by atoms with E-state index < -0.39 is 0 Å². The molecule has 17 heavy (non-hydrogen) atoms. The third kappa shape index (κ3) is 4.43. The second-order valence-corrected chi connectivity index (χ2v) is 4.49. The molecule has 0 bridgehead atoms. The van der Waals surface area contributed by atoms with Gasteiger partial charge in [-0.1, -0.05) is 19.9 Å². The Morgan fingerprint density at radius 2 is 2.12 bits per heavy atom. The summed E-state index contributed by atoms with van der Waals surface area (Å²) in [5, 5.41) is 0. The lowest BCUT2D eigenvalue weighted by atomic mass is 10.1. The first-order valence-electron chi connectivity index (χ1n) is 5.83. The average Bonchev–Trinajstić information content (AvgIpc) is 2.23. The van der Waals surface area contributed by atoms with E-state index in [9.17, 15) is 9.59 Å². The van der Waals surface area contributed by atoms with Crippen LogP contribution in [0.1, 0.15) is 26.0 Å². The molecule has 4 nitrogen and oxygen atoms in total. The molecular formula is C13H19NO3. The number of aryl methyl sites for hydroxylation is 1. The van der Waals surface area contributed by atoms with Crippen molar-refractivity contribution in [1.29, 1.82) is 0 Å². The van der Waals surface area contributed by atoms with Crippen molar-refractivity contribution in [2.24, 2.45) is 5.92 Å². The summed E-state index contributed by atoms with van der Waals surface area (Å²) in [6, 6.07) is 4.91. The van der Waals surface area contributed by atoms with Crippen LogP contribution in [-0.4, -0.2) is 17.1 Å². The van der Waals surface area contributed by atoms with Gasteiger partial charge in [-0.15, -0.1) is 0 Å². The number of pyridine rings is 1. The van der Waals surface area contributed by atoms with Crippen molar-refractivity contribution in [3.05, 3.63) is 34.2 Å². The van der Waals surface area contributed by atoms with E-state index >= 15 is 0 Å². The van der Waals surface area contributed by atoms with E-state index in [4.69, 9.17) is 4.74 Å². The van der Waals surface area contributed by atoms with Gasteiger partial charge in [0.2, 0.25) is 0 Å². The smallest absolute Gasteiger partial charge is 0.326 e. The van der Waals surface area contributed by atoms with Crippen LogP contribution >= 0.6 is 0 Å². The monoisotopic (exact) mass is 237 g/mol. The van der Waals surface area contributed by atoms with Gasteiger partial charge in [-0.3, -0.25) is 9.59 Å². The standard InChI is InChI=1S/C13H19NO3/c1-10(2)7-8-17-13(16)9-14-11(3)5-4-6-12(14)15/h4-6,10H,7-9H2,1-3H3. The summed E-state index contributed by atoms with van der Waals surface area (Å²) in [7, 11) is 0. The summed E-state index contributed by atoms with van der Waals surface area (Å²) in [6.07, 6.45) is 0.842. The average molecular weight is 237 g/mol. The van der Waals surface area contributed by atoms with Crippen molar-refractivity contribution in [2.75, 3.05) is 6.61 Å². The Labute approximate surface area is 101 Å². The van der Waals surface area contributed by atoms with E-state index in [0.29, 0.717) is 12.5 Å². The van der Waals surface area contributed by atoms with Gasteiger partial charge in [0.25, 0.3) is 5.56 Å². The number of hydrogen-bond acceptors (Lipinski definition) is 3. The highest BCUT2D eigenvalue weighted by Crippen LogP contribution is 2.00. The molecule has 0 unspecified atom stereocenters. The minimum absolute atomic E-state index is 0.0103. The second kappa shape index (κ2) is 6.23. The Balaban J connectivity index is 2.54. The number of rotatable bonds is 5. The lowest BCUT2D eigenvalue weighted by molar-refractivity contribution is -0.144. The fourth-order valence-corrected chi connectivity index (χ4v) is 1.41. The number of nitrogens with zero attached hydrogens (tertiary/aromatic N) is 1. The van der Waals surface area contributed by atoms with Crippen LogP contribution in [0.2, 0.25) is 0 Å². The summed E-state index contributed by atoms with van der Waals surface area (Å²) in [6.45, 7) is 6.34. The highest BCUT2D eigenvalue weighted by molar-refractivity contribution is 5.69. The Bertz CT molecular complexity index is 435. The van der Waals surface area contributed by atoms with Crippen LogP contribution in [0.4, 0.5) is 0 Å². The van der Waals surface area contributed by atoms with Crippen molar-refractivity contribution >= 4 is 5.97 Å². The minimum atomic E-state index is -0.359. The predicted octanol–water partition coefficient (Wildman–Crippen LogP) is 1.75. The lowest BCUT2D eigenvalue weighted by Gasteiger charge is -2.10. The zero-order valence-electron chi connectivity index (χ0n) is 10.6. The van der Waals surface area contributed by atoms with Gasteiger partial charge in [0.1, 0.15) is 6.54 Å². The number of esters is 1. The number of ether oxygens (including phenoxy) is 1. The fourth-order valence-electron chi connectivity index (χ4n) is 1.41. The molecule has 0 aliphatic rings. The van der Waals surface area contributed by atoms with Crippen LogP contribution in [0.25, 0.3) is 0 Å². The zero-order valence-corrected chi connectivity index (χ0v) is 10.6. The van der Waals surface area contributed by atoms with Gasteiger partial charge in [-0.25, -0.2) is 0 Å². The number of aromatic nitrogens is 1. The topological polar surface area (TPSA) is 48.3 Å². The number of carbonyl (C=O) groups is 1. The molecule has 1 aromatic heterocycles. The maximum atomic E-state index is 11.5. The molecule has 0 radical (unpaired) electrons. The van der Waals surface area contributed by atoms with Crippen LogP contribution < -0.4 is 5.56 Å². The number of carbonyl (C=O) groups excluding carboxylic acids is 1. The molecule has 0 aliphatic carbocycles. The molecule has 0 atom stereocenters. The molecule has 1 rings (SSSR count). The van der Waals surface area contributed by atoms with Crippen molar-refractivity contribution in [3.63, 3.8) is 0 Å². The highest BCUT2D eigenvalue weighted by Gasteiger charge is 2.07. The van der Waals surface area contributed by atoms with Crippen LogP contribution in [0.3, 0.4) is 0 Å². The van der Waals surface area contributed by atoms with E-state index in [2.05, 4.69) is 13.8 Å². The second-order valence-electron chi connectivity index (χ2n) is 4.49. The fraction of sp³-hybridized carbons (Fsp3) is 0.538. The largest absolute Gasteiger partial charge is 0.464 e. The maximum absolute atomic E-state index is 11.5. The lowest BCUT2D eigenvalue weighted by Crippen LogP contribution is -2.26. The third-order valence-electron chi connectivity index (χ3n) is 2.51. The summed E-state index contributed by atoms with van der Waals surface area (Å²) in [5.41, 5.74) is 0.587. The highest BCUT2D eigenvalue weighted by atomic mass is 16.5. The van der Waals surface area contributed by atoms with E-state index in [1.807, 2.05) is 0 Å². The van der Waals surface area contributed by atoms with Gasteiger partial charge < -0.3 is 9.30 Å². The molecule has 94 valence electrons. The molecule has 0 saturated heterocycles. The van der Waals surface area contributed by atoms with Gasteiger partial charge in [0.15, 0.2) is 0 Å². The molecule has 0 saturated carbocycles. The van der Waals surface area contributed by atoms with Gasteiger partial charge >= 0.3 is 5.97 Å². The molecule has 0 N–H and O–H groups in total. The van der Waals surface area contributed by atoms with E-state index in [-0.39, 0.29) is 18.1 Å². The molecule has 0 amide bonds. The first-order chi connectivity index (χ1) is 8.00. The molecule has 0 spiro atoms. The quantitative estimate of drug-likeness (QED) is 0.733. The van der Waals surface area contributed by atoms with Crippen molar-refractivity contribution in [3.8, 4) is 0 Å². The van der Waals surface area contributed by atoms with E-state index in [0.717, 1.165) is 12.1 Å². The summed E-state index contributed by atoms with van der Waals surface area (Å²) in [5.74, 6) is 0.144. The SMILES string of the molecule is Cc1cccc(=O)n1CC(=O)OCCC(C)C. The van der Waals surface area contributed by atoms with Gasteiger partial charge in [0, 0.05) is 11.8 Å². The molecule has 0 aromatic carbocycles. The normalized spacial score (nSPS) is 10.6. The molecule has 1 heterocycles. The van der Waals surface area contributed by atoms with Crippen LogP contribution in [0.15, 0.2) is 23.0 Å². The summed E-state index contributed by atoms with van der Waals surface area (Å²) >= 11 is 0. The summed E-state index contributed by atoms with van der Waals surface area (Å²) in [4.78, 5) is 23.0. The number of hydrogen-bond donors (Lipinski definition) is 0. The first-order valence-corrected chi connectivity index (χ1v) is 5.83. The Hall–Kier alpha value is -1.58. The zero-order chi connectivity index (χ0) is 12.8. The van der Waals surface area contributed by atoms with E-state index in [1.54, 1.807) is 19.1 Å². The third-order valence-corrected chi connectivity index (χ3v) is 2.51. The minimum Gasteiger partial charge on any atom is -0.464 e. The Kier molecular flexibility index (Phi) is 4.94. The van der Waals surface area contributed by atoms with Crippen LogP contribution in [0.5, 0.6) is 0 Å². The molecule has 0 aliphatic heterocycles.